The normalized spacial score (nSPS) is 10.9. The summed E-state index contributed by atoms with van der Waals surface area (Å²) in [7, 11) is 0. The molecule has 18 heavy (non-hydrogen) atoms. The highest BCUT2D eigenvalue weighted by molar-refractivity contribution is 6.32. The van der Waals surface area contributed by atoms with E-state index in [0.29, 0.717) is 5.02 Å². The van der Waals surface area contributed by atoms with Crippen LogP contribution in [0.15, 0.2) is 18.2 Å². The van der Waals surface area contributed by atoms with Crippen LogP contribution in [0.5, 0.6) is 0 Å². The molecular formula is C14H17ClN2O. The van der Waals surface area contributed by atoms with Crippen molar-refractivity contribution in [2.45, 2.75) is 33.8 Å². The Labute approximate surface area is 112 Å². The maximum atomic E-state index is 9.08. The van der Waals surface area contributed by atoms with Crippen molar-refractivity contribution in [1.82, 2.24) is 9.78 Å². The second kappa shape index (κ2) is 5.12. The average molecular weight is 265 g/mol. The highest BCUT2D eigenvalue weighted by atomic mass is 35.5. The quantitative estimate of drug-likeness (QED) is 0.925. The minimum Gasteiger partial charge on any atom is -0.392 e. The van der Waals surface area contributed by atoms with Crippen molar-refractivity contribution in [2.24, 2.45) is 0 Å². The summed E-state index contributed by atoms with van der Waals surface area (Å²) in [6, 6.07) is 5.54. The van der Waals surface area contributed by atoms with Gasteiger partial charge in [0.1, 0.15) is 0 Å². The molecule has 1 N–H and O–H groups in total. The SMILES string of the molecule is CCc1c(C)nn(-c2ccc(CO)cc2Cl)c1C. The van der Waals surface area contributed by atoms with E-state index in [-0.39, 0.29) is 6.61 Å². The smallest absolute Gasteiger partial charge is 0.0835 e. The molecule has 2 rings (SSSR count). The van der Waals surface area contributed by atoms with Crippen LogP contribution in [0.2, 0.25) is 5.02 Å². The van der Waals surface area contributed by atoms with Gasteiger partial charge in [-0.25, -0.2) is 4.68 Å². The molecule has 0 aliphatic heterocycles. The van der Waals surface area contributed by atoms with Gasteiger partial charge in [0, 0.05) is 5.69 Å². The fourth-order valence-electron chi connectivity index (χ4n) is 2.24. The van der Waals surface area contributed by atoms with Crippen molar-refractivity contribution in [3.63, 3.8) is 0 Å². The molecule has 3 nitrogen and oxygen atoms in total. The summed E-state index contributed by atoms with van der Waals surface area (Å²) >= 11 is 6.25. The summed E-state index contributed by atoms with van der Waals surface area (Å²) in [5, 5.41) is 14.2. The number of benzene rings is 1. The molecule has 0 amide bonds. The zero-order valence-electron chi connectivity index (χ0n) is 10.9. The van der Waals surface area contributed by atoms with Crippen molar-refractivity contribution < 1.29 is 5.11 Å². The Morgan fingerprint density at radius 2 is 2.06 bits per heavy atom. The van der Waals surface area contributed by atoms with E-state index < -0.39 is 0 Å². The summed E-state index contributed by atoms with van der Waals surface area (Å²) in [5.74, 6) is 0. The third kappa shape index (κ3) is 2.16. The van der Waals surface area contributed by atoms with E-state index in [9.17, 15) is 0 Å². The van der Waals surface area contributed by atoms with Gasteiger partial charge in [0.2, 0.25) is 0 Å². The maximum absolute atomic E-state index is 9.08. The van der Waals surface area contributed by atoms with Crippen LogP contribution in [0.4, 0.5) is 0 Å². The van der Waals surface area contributed by atoms with Gasteiger partial charge in [-0.15, -0.1) is 0 Å². The lowest BCUT2D eigenvalue weighted by molar-refractivity contribution is 0.282. The van der Waals surface area contributed by atoms with Gasteiger partial charge in [-0.1, -0.05) is 24.6 Å². The molecule has 0 saturated carbocycles. The maximum Gasteiger partial charge on any atom is 0.0835 e. The van der Waals surface area contributed by atoms with E-state index in [1.807, 2.05) is 23.7 Å². The van der Waals surface area contributed by atoms with Gasteiger partial charge in [-0.2, -0.15) is 5.10 Å². The Bertz CT molecular complexity index is 575. The van der Waals surface area contributed by atoms with Crippen molar-refractivity contribution in [1.29, 1.82) is 0 Å². The van der Waals surface area contributed by atoms with Crippen molar-refractivity contribution in [2.75, 3.05) is 0 Å². The molecule has 96 valence electrons. The molecular weight excluding hydrogens is 248 g/mol. The summed E-state index contributed by atoms with van der Waals surface area (Å²) in [6.45, 7) is 6.18. The zero-order valence-corrected chi connectivity index (χ0v) is 11.6. The molecule has 0 bridgehead atoms. The first-order valence-electron chi connectivity index (χ1n) is 6.03. The Balaban J connectivity index is 2.55. The minimum absolute atomic E-state index is 0.00265. The van der Waals surface area contributed by atoms with Crippen LogP contribution < -0.4 is 0 Å². The Hall–Kier alpha value is -1.32. The van der Waals surface area contributed by atoms with E-state index in [1.54, 1.807) is 6.07 Å². The number of nitrogens with zero attached hydrogens (tertiary/aromatic N) is 2. The van der Waals surface area contributed by atoms with Crippen molar-refractivity contribution in [3.05, 3.63) is 45.7 Å². The predicted octanol–water partition coefficient (Wildman–Crippen LogP) is 3.20. The fourth-order valence-corrected chi connectivity index (χ4v) is 2.52. The Kier molecular flexibility index (Phi) is 3.73. The second-order valence-electron chi connectivity index (χ2n) is 4.36. The molecule has 1 aromatic heterocycles. The zero-order chi connectivity index (χ0) is 13.3. The number of aromatic nitrogens is 2. The lowest BCUT2D eigenvalue weighted by Crippen LogP contribution is -2.01. The van der Waals surface area contributed by atoms with E-state index in [0.717, 1.165) is 29.1 Å². The molecule has 0 unspecified atom stereocenters. The van der Waals surface area contributed by atoms with Crippen LogP contribution in [-0.2, 0) is 13.0 Å². The lowest BCUT2D eigenvalue weighted by Gasteiger charge is -2.08. The van der Waals surface area contributed by atoms with Crippen LogP contribution in [0, 0.1) is 13.8 Å². The van der Waals surface area contributed by atoms with Gasteiger partial charge >= 0.3 is 0 Å². The van der Waals surface area contributed by atoms with Gasteiger partial charge in [0.15, 0.2) is 0 Å². The molecule has 0 fully saturated rings. The fraction of sp³-hybridized carbons (Fsp3) is 0.357. The van der Waals surface area contributed by atoms with Crippen molar-refractivity contribution in [3.8, 4) is 5.69 Å². The van der Waals surface area contributed by atoms with Crippen LogP contribution in [0.1, 0.15) is 29.4 Å². The van der Waals surface area contributed by atoms with Crippen LogP contribution in [-0.4, -0.2) is 14.9 Å². The summed E-state index contributed by atoms with van der Waals surface area (Å²) in [6.07, 6.45) is 0.962. The standard InChI is InChI=1S/C14H17ClN2O/c1-4-12-9(2)16-17(10(12)3)14-6-5-11(8-18)7-13(14)15/h5-7,18H,4,8H2,1-3H3. The second-order valence-corrected chi connectivity index (χ2v) is 4.77. The van der Waals surface area contributed by atoms with E-state index in [2.05, 4.69) is 18.9 Å². The molecule has 0 radical (unpaired) electrons. The van der Waals surface area contributed by atoms with E-state index in [4.69, 9.17) is 16.7 Å². The highest BCUT2D eigenvalue weighted by Gasteiger charge is 2.13. The largest absolute Gasteiger partial charge is 0.392 e. The first-order chi connectivity index (χ1) is 8.58. The molecule has 0 saturated heterocycles. The summed E-state index contributed by atoms with van der Waals surface area (Å²) < 4.78 is 1.87. The van der Waals surface area contributed by atoms with Crippen molar-refractivity contribution >= 4 is 11.6 Å². The van der Waals surface area contributed by atoms with Crippen LogP contribution >= 0.6 is 11.6 Å². The van der Waals surface area contributed by atoms with Gasteiger partial charge in [0.25, 0.3) is 0 Å². The molecule has 1 heterocycles. The predicted molar refractivity (Wildman–Crippen MR) is 73.3 cm³/mol. The third-order valence-corrected chi connectivity index (χ3v) is 3.52. The summed E-state index contributed by atoms with van der Waals surface area (Å²) in [5.41, 5.74) is 5.08. The number of hydrogen-bond acceptors (Lipinski definition) is 2. The molecule has 0 aliphatic carbocycles. The van der Waals surface area contributed by atoms with Crippen LogP contribution in [0.25, 0.3) is 5.69 Å². The molecule has 2 aromatic rings. The first kappa shape index (κ1) is 13.1. The lowest BCUT2D eigenvalue weighted by atomic mass is 10.1. The third-order valence-electron chi connectivity index (χ3n) is 3.22. The number of aliphatic hydroxyl groups is 1. The Morgan fingerprint density at radius 3 is 2.56 bits per heavy atom. The number of aliphatic hydroxyl groups excluding tert-OH is 1. The van der Waals surface area contributed by atoms with Crippen LogP contribution in [0.3, 0.4) is 0 Å². The highest BCUT2D eigenvalue weighted by Crippen LogP contribution is 2.25. The molecule has 0 spiro atoms. The molecule has 1 aromatic carbocycles. The topological polar surface area (TPSA) is 38.0 Å². The number of rotatable bonds is 3. The first-order valence-corrected chi connectivity index (χ1v) is 6.41. The van der Waals surface area contributed by atoms with Gasteiger partial charge in [-0.3, -0.25) is 0 Å². The van der Waals surface area contributed by atoms with Gasteiger partial charge in [-0.05, 0) is 43.5 Å². The van der Waals surface area contributed by atoms with Gasteiger partial charge < -0.3 is 5.11 Å². The van der Waals surface area contributed by atoms with E-state index >= 15 is 0 Å². The van der Waals surface area contributed by atoms with Gasteiger partial charge in [0.05, 0.1) is 23.0 Å². The Morgan fingerprint density at radius 1 is 1.33 bits per heavy atom. The molecule has 4 heteroatoms. The van der Waals surface area contributed by atoms with E-state index in [1.165, 1.54) is 5.56 Å². The average Bonchev–Trinajstić information content (AvgIpc) is 2.64. The number of halogens is 1. The number of hydrogen-bond donors (Lipinski definition) is 1. The molecule has 0 atom stereocenters. The monoisotopic (exact) mass is 264 g/mol. The molecule has 0 aliphatic rings. The number of aryl methyl sites for hydroxylation is 1. The minimum atomic E-state index is -0.00265. The summed E-state index contributed by atoms with van der Waals surface area (Å²) in [4.78, 5) is 0.